The van der Waals surface area contributed by atoms with E-state index in [9.17, 15) is 8.42 Å². The molecule has 4 aliphatic heterocycles. The van der Waals surface area contributed by atoms with Gasteiger partial charge in [-0.15, -0.1) is 0 Å². The van der Waals surface area contributed by atoms with Crippen LogP contribution in [0.3, 0.4) is 0 Å². The molecule has 7 nitrogen and oxygen atoms in total. The highest BCUT2D eigenvalue weighted by Gasteiger charge is 2.69. The monoisotopic (exact) mass is 403 g/mol. The lowest BCUT2D eigenvalue weighted by molar-refractivity contribution is -0.574. The van der Waals surface area contributed by atoms with E-state index in [1.807, 2.05) is 18.9 Å². The van der Waals surface area contributed by atoms with Gasteiger partial charge in [-0.1, -0.05) is 13.8 Å². The van der Waals surface area contributed by atoms with Crippen LogP contribution in [0.15, 0.2) is 0 Å². The maximum Gasteiger partial charge on any atom is 0.201 e. The summed E-state index contributed by atoms with van der Waals surface area (Å²) in [5.74, 6) is 0.658. The number of ether oxygens (including phenoxy) is 2. The van der Waals surface area contributed by atoms with Crippen molar-refractivity contribution >= 4 is 9.84 Å². The Labute approximate surface area is 162 Å². The fourth-order valence-electron chi connectivity index (χ4n) is 5.83. The first-order chi connectivity index (χ1) is 12.6. The standard InChI is InChI=1S/C19H33NO6S/c1-12-6-7-15-13(2)16(20(4)10-11-27(5,21)22)23-17-19(15)14(12)8-9-18(3,24-17)25-26-19/h12-17H,6-11H2,1-5H3/t12-,13-,14+,15+,16-,17-,18-,19-/m1/s1. The van der Waals surface area contributed by atoms with E-state index in [4.69, 9.17) is 19.2 Å². The molecule has 0 radical (unpaired) electrons. The third kappa shape index (κ3) is 3.26. The maximum absolute atomic E-state index is 11.6. The van der Waals surface area contributed by atoms with E-state index in [0.29, 0.717) is 18.4 Å². The molecule has 1 aliphatic carbocycles. The molecular formula is C19H33NO6S. The number of hydrogen-bond donors (Lipinski definition) is 0. The first kappa shape index (κ1) is 20.0. The van der Waals surface area contributed by atoms with Gasteiger partial charge in [-0.3, -0.25) is 4.90 Å². The van der Waals surface area contributed by atoms with Crippen LogP contribution in [0.25, 0.3) is 0 Å². The molecule has 4 heterocycles. The highest BCUT2D eigenvalue weighted by atomic mass is 32.2. The Morgan fingerprint density at radius 1 is 1.11 bits per heavy atom. The van der Waals surface area contributed by atoms with Crippen molar-refractivity contribution < 1.29 is 27.7 Å². The van der Waals surface area contributed by atoms with E-state index in [1.165, 1.54) is 6.26 Å². The lowest BCUT2D eigenvalue weighted by atomic mass is 9.58. The largest absolute Gasteiger partial charge is 0.331 e. The van der Waals surface area contributed by atoms with E-state index in [2.05, 4.69) is 13.8 Å². The average Bonchev–Trinajstić information content (AvgIpc) is 2.81. The summed E-state index contributed by atoms with van der Waals surface area (Å²) in [6.07, 6.45) is 4.58. The molecule has 27 heavy (non-hydrogen) atoms. The fourth-order valence-corrected chi connectivity index (χ4v) is 6.45. The molecule has 4 saturated heterocycles. The van der Waals surface area contributed by atoms with E-state index in [-0.39, 0.29) is 23.8 Å². The lowest BCUT2D eigenvalue weighted by Gasteiger charge is -2.61. The molecule has 0 aromatic heterocycles. The number of nitrogens with zero attached hydrogens (tertiary/aromatic N) is 1. The minimum Gasteiger partial charge on any atom is -0.331 e. The maximum atomic E-state index is 11.6. The van der Waals surface area contributed by atoms with Gasteiger partial charge in [0.05, 0.1) is 5.75 Å². The molecule has 5 aliphatic rings. The normalized spacial score (nSPS) is 49.7. The summed E-state index contributed by atoms with van der Waals surface area (Å²) in [7, 11) is -1.09. The summed E-state index contributed by atoms with van der Waals surface area (Å²) in [5, 5.41) is 0. The summed E-state index contributed by atoms with van der Waals surface area (Å²) >= 11 is 0. The first-order valence-corrected chi connectivity index (χ1v) is 12.2. The van der Waals surface area contributed by atoms with Gasteiger partial charge in [0.15, 0.2) is 11.9 Å². The van der Waals surface area contributed by atoms with Gasteiger partial charge in [-0.2, -0.15) is 0 Å². The van der Waals surface area contributed by atoms with E-state index >= 15 is 0 Å². The average molecular weight is 404 g/mol. The number of rotatable bonds is 4. The molecule has 0 amide bonds. The fraction of sp³-hybridized carbons (Fsp3) is 1.00. The Balaban J connectivity index is 1.64. The molecule has 5 rings (SSSR count). The lowest BCUT2D eigenvalue weighted by Crippen LogP contribution is -2.71. The zero-order valence-electron chi connectivity index (χ0n) is 17.0. The zero-order chi connectivity index (χ0) is 19.6. The van der Waals surface area contributed by atoms with Crippen LogP contribution in [0.1, 0.15) is 46.5 Å². The van der Waals surface area contributed by atoms with Crippen molar-refractivity contribution in [1.29, 1.82) is 0 Å². The zero-order valence-corrected chi connectivity index (χ0v) is 17.8. The van der Waals surface area contributed by atoms with Crippen molar-refractivity contribution in [3.8, 4) is 0 Å². The van der Waals surface area contributed by atoms with Gasteiger partial charge in [0.1, 0.15) is 16.1 Å². The van der Waals surface area contributed by atoms with Gasteiger partial charge in [-0.25, -0.2) is 18.2 Å². The Morgan fingerprint density at radius 3 is 2.56 bits per heavy atom. The van der Waals surface area contributed by atoms with Crippen molar-refractivity contribution in [2.24, 2.45) is 23.7 Å². The predicted molar refractivity (Wildman–Crippen MR) is 99.2 cm³/mol. The molecule has 0 aromatic carbocycles. The van der Waals surface area contributed by atoms with Crippen LogP contribution in [0.5, 0.6) is 0 Å². The van der Waals surface area contributed by atoms with Gasteiger partial charge >= 0.3 is 0 Å². The van der Waals surface area contributed by atoms with Gasteiger partial charge < -0.3 is 9.47 Å². The van der Waals surface area contributed by atoms with Crippen LogP contribution < -0.4 is 0 Å². The van der Waals surface area contributed by atoms with Crippen LogP contribution in [0.2, 0.25) is 0 Å². The summed E-state index contributed by atoms with van der Waals surface area (Å²) in [6, 6.07) is 0. The summed E-state index contributed by atoms with van der Waals surface area (Å²) in [4.78, 5) is 14.0. The SMILES string of the molecule is C[C@H]1[C@H](N(C)CCS(C)(=O)=O)O[C@@H]2O[C@@]3(C)CC[C@H]4[C@H](C)CC[C@@H]1[C@@]24OO3. The van der Waals surface area contributed by atoms with E-state index in [0.717, 1.165) is 25.7 Å². The molecule has 2 bridgehead atoms. The van der Waals surface area contributed by atoms with Gasteiger partial charge in [-0.05, 0) is 45.1 Å². The second kappa shape index (κ2) is 6.64. The van der Waals surface area contributed by atoms with E-state index < -0.39 is 27.5 Å². The first-order valence-electron chi connectivity index (χ1n) is 10.1. The molecule has 156 valence electrons. The summed E-state index contributed by atoms with van der Waals surface area (Å²) < 4.78 is 36.0. The van der Waals surface area contributed by atoms with Gasteiger partial charge in [0, 0.05) is 31.1 Å². The highest BCUT2D eigenvalue weighted by Crippen LogP contribution is 2.60. The quantitative estimate of drug-likeness (QED) is 0.666. The molecular weight excluding hydrogens is 370 g/mol. The second-order valence-corrected chi connectivity index (χ2v) is 11.7. The van der Waals surface area contributed by atoms with Crippen molar-refractivity contribution in [2.75, 3.05) is 25.6 Å². The van der Waals surface area contributed by atoms with Gasteiger partial charge in [0.2, 0.25) is 5.79 Å². The Bertz CT molecular complexity index is 686. The van der Waals surface area contributed by atoms with Crippen LogP contribution in [-0.2, 0) is 29.1 Å². The third-order valence-electron chi connectivity index (χ3n) is 7.37. The van der Waals surface area contributed by atoms with Crippen molar-refractivity contribution in [3.05, 3.63) is 0 Å². The molecule has 5 fully saturated rings. The molecule has 8 heteroatoms. The molecule has 0 N–H and O–H groups in total. The van der Waals surface area contributed by atoms with E-state index in [1.54, 1.807) is 0 Å². The minimum absolute atomic E-state index is 0.119. The topological polar surface area (TPSA) is 74.3 Å². The summed E-state index contributed by atoms with van der Waals surface area (Å²) in [6.45, 7) is 6.84. The van der Waals surface area contributed by atoms with Crippen molar-refractivity contribution in [2.45, 2.75) is 70.4 Å². The molecule has 1 saturated carbocycles. The van der Waals surface area contributed by atoms with Gasteiger partial charge in [0.25, 0.3) is 0 Å². The van der Waals surface area contributed by atoms with Crippen LogP contribution in [0.4, 0.5) is 0 Å². The highest BCUT2D eigenvalue weighted by molar-refractivity contribution is 7.90. The smallest absolute Gasteiger partial charge is 0.201 e. The van der Waals surface area contributed by atoms with Crippen molar-refractivity contribution in [3.63, 3.8) is 0 Å². The number of fused-ring (bicyclic) bond motifs is 2. The number of hydrogen-bond acceptors (Lipinski definition) is 7. The Kier molecular flexibility index (Phi) is 4.93. The molecule has 8 atom stereocenters. The van der Waals surface area contributed by atoms with Crippen LogP contribution >= 0.6 is 0 Å². The molecule has 0 unspecified atom stereocenters. The summed E-state index contributed by atoms with van der Waals surface area (Å²) in [5.41, 5.74) is -0.568. The number of sulfone groups is 1. The Morgan fingerprint density at radius 2 is 1.85 bits per heavy atom. The van der Waals surface area contributed by atoms with Crippen LogP contribution in [-0.4, -0.2) is 62.8 Å². The Hall–Kier alpha value is -0.250. The molecule has 0 aromatic rings. The minimum atomic E-state index is -3.02. The second-order valence-electron chi connectivity index (χ2n) is 9.41. The van der Waals surface area contributed by atoms with Crippen molar-refractivity contribution in [1.82, 2.24) is 4.90 Å². The molecule has 1 spiro atoms. The predicted octanol–water partition coefficient (Wildman–Crippen LogP) is 2.17. The van der Waals surface area contributed by atoms with Crippen LogP contribution in [0, 0.1) is 23.7 Å². The third-order valence-corrected chi connectivity index (χ3v) is 8.30.